The van der Waals surface area contributed by atoms with E-state index in [4.69, 9.17) is 0 Å². The Bertz CT molecular complexity index is 643. The number of rotatable bonds is 3. The summed E-state index contributed by atoms with van der Waals surface area (Å²) in [7, 11) is 0. The Kier molecular flexibility index (Phi) is 3.01. The Hall–Kier alpha value is -2.76. The standard InChI is InChI=1S/C12H8N2O4/c15-13(16)12(14(17)18)8-10-6-3-5-9-4-1-2-7-11(9)10/h1-8H. The average molecular weight is 244 g/mol. The van der Waals surface area contributed by atoms with E-state index in [1.807, 2.05) is 18.2 Å². The second-order valence-corrected chi connectivity index (χ2v) is 3.59. The Labute approximate surface area is 101 Å². The van der Waals surface area contributed by atoms with Gasteiger partial charge in [-0.05, 0) is 16.3 Å². The van der Waals surface area contributed by atoms with E-state index in [0.29, 0.717) is 5.56 Å². The third-order valence-corrected chi connectivity index (χ3v) is 2.48. The van der Waals surface area contributed by atoms with Gasteiger partial charge in [-0.2, -0.15) is 0 Å². The van der Waals surface area contributed by atoms with Crippen LogP contribution in [0, 0.1) is 20.2 Å². The molecule has 0 amide bonds. The van der Waals surface area contributed by atoms with Gasteiger partial charge in [-0.3, -0.25) is 20.2 Å². The fourth-order valence-electron chi connectivity index (χ4n) is 1.69. The minimum atomic E-state index is -1.04. The van der Waals surface area contributed by atoms with E-state index in [1.54, 1.807) is 24.3 Å². The number of hydrogen-bond donors (Lipinski definition) is 0. The molecule has 0 spiro atoms. The highest BCUT2D eigenvalue weighted by atomic mass is 16.7. The molecule has 0 radical (unpaired) electrons. The van der Waals surface area contributed by atoms with E-state index in [0.717, 1.165) is 16.8 Å². The molecule has 2 aromatic carbocycles. The second-order valence-electron chi connectivity index (χ2n) is 3.59. The lowest BCUT2D eigenvalue weighted by molar-refractivity contribution is -0.613. The topological polar surface area (TPSA) is 86.3 Å². The Morgan fingerprint density at radius 1 is 0.944 bits per heavy atom. The lowest BCUT2D eigenvalue weighted by Gasteiger charge is -2.00. The van der Waals surface area contributed by atoms with Crippen molar-refractivity contribution in [2.45, 2.75) is 0 Å². The predicted molar refractivity (Wildman–Crippen MR) is 65.9 cm³/mol. The molecule has 0 fully saturated rings. The summed E-state index contributed by atoms with van der Waals surface area (Å²) in [5, 5.41) is 22.8. The van der Waals surface area contributed by atoms with Gasteiger partial charge in [-0.15, -0.1) is 0 Å². The van der Waals surface area contributed by atoms with E-state index >= 15 is 0 Å². The van der Waals surface area contributed by atoms with Crippen LogP contribution in [0.25, 0.3) is 16.8 Å². The van der Waals surface area contributed by atoms with Crippen LogP contribution >= 0.6 is 0 Å². The minimum Gasteiger partial charge on any atom is -0.253 e. The van der Waals surface area contributed by atoms with Gasteiger partial charge in [-0.25, -0.2) is 0 Å². The van der Waals surface area contributed by atoms with E-state index in [2.05, 4.69) is 0 Å². The Morgan fingerprint density at radius 3 is 2.22 bits per heavy atom. The molecule has 6 heteroatoms. The summed E-state index contributed by atoms with van der Waals surface area (Å²) >= 11 is 0. The zero-order valence-electron chi connectivity index (χ0n) is 9.15. The van der Waals surface area contributed by atoms with Crippen molar-refractivity contribution >= 4 is 16.8 Å². The molecule has 0 aliphatic carbocycles. The van der Waals surface area contributed by atoms with Gasteiger partial charge in [0.15, 0.2) is 0 Å². The Morgan fingerprint density at radius 2 is 1.56 bits per heavy atom. The molecule has 0 saturated carbocycles. The molecule has 2 rings (SSSR count). The number of hydrogen-bond acceptors (Lipinski definition) is 4. The van der Waals surface area contributed by atoms with Gasteiger partial charge in [0.05, 0.1) is 0 Å². The molecule has 0 unspecified atom stereocenters. The lowest BCUT2D eigenvalue weighted by Crippen LogP contribution is -2.08. The maximum absolute atomic E-state index is 10.6. The first-order valence-electron chi connectivity index (χ1n) is 5.08. The summed E-state index contributed by atoms with van der Waals surface area (Å²) in [6.07, 6.45) is 0.975. The van der Waals surface area contributed by atoms with Crippen LogP contribution in [0.1, 0.15) is 5.56 Å². The average Bonchev–Trinajstić information content (AvgIpc) is 2.35. The van der Waals surface area contributed by atoms with Crippen molar-refractivity contribution in [3.05, 3.63) is 74.1 Å². The van der Waals surface area contributed by atoms with E-state index < -0.39 is 15.7 Å². The van der Waals surface area contributed by atoms with Gasteiger partial charge in [0.25, 0.3) is 0 Å². The summed E-state index contributed by atoms with van der Waals surface area (Å²) in [5.41, 5.74) is 0.455. The van der Waals surface area contributed by atoms with E-state index in [-0.39, 0.29) is 0 Å². The summed E-state index contributed by atoms with van der Waals surface area (Å²) in [6.45, 7) is 0. The molecule has 6 nitrogen and oxygen atoms in total. The van der Waals surface area contributed by atoms with Gasteiger partial charge in [0, 0.05) is 0 Å². The van der Waals surface area contributed by atoms with Crippen LogP contribution in [0.3, 0.4) is 0 Å². The molecule has 0 aliphatic rings. The number of nitro groups is 2. The fraction of sp³-hybridized carbons (Fsp3) is 0. The first kappa shape index (κ1) is 11.7. The van der Waals surface area contributed by atoms with Crippen molar-refractivity contribution in [3.8, 4) is 0 Å². The molecule has 2 aromatic rings. The lowest BCUT2D eigenvalue weighted by atomic mass is 10.0. The quantitative estimate of drug-likeness (QED) is 0.613. The molecule has 90 valence electrons. The van der Waals surface area contributed by atoms with Crippen LogP contribution in [-0.2, 0) is 0 Å². The Balaban J connectivity index is 2.64. The van der Waals surface area contributed by atoms with Crippen LogP contribution in [0.4, 0.5) is 0 Å². The number of nitrogens with zero attached hydrogens (tertiary/aromatic N) is 2. The predicted octanol–water partition coefficient (Wildman–Crippen LogP) is 2.69. The van der Waals surface area contributed by atoms with Crippen LogP contribution in [0.15, 0.2) is 48.3 Å². The monoisotopic (exact) mass is 244 g/mol. The third-order valence-electron chi connectivity index (χ3n) is 2.48. The summed E-state index contributed by atoms with van der Waals surface area (Å²) in [6, 6.07) is 12.4. The number of fused-ring (bicyclic) bond motifs is 1. The summed E-state index contributed by atoms with van der Waals surface area (Å²) < 4.78 is 0. The molecular weight excluding hydrogens is 236 g/mol. The molecule has 0 saturated heterocycles. The third kappa shape index (κ3) is 2.17. The van der Waals surface area contributed by atoms with Crippen LogP contribution in [-0.4, -0.2) is 9.85 Å². The molecule has 0 heterocycles. The fourth-order valence-corrected chi connectivity index (χ4v) is 1.69. The summed E-state index contributed by atoms with van der Waals surface area (Å²) in [5.74, 6) is -1.04. The molecule has 0 aromatic heterocycles. The highest BCUT2D eigenvalue weighted by Crippen LogP contribution is 2.21. The van der Waals surface area contributed by atoms with Crippen LogP contribution in [0.5, 0.6) is 0 Å². The van der Waals surface area contributed by atoms with Crippen molar-refractivity contribution in [3.63, 3.8) is 0 Å². The van der Waals surface area contributed by atoms with Crippen molar-refractivity contribution in [1.29, 1.82) is 0 Å². The van der Waals surface area contributed by atoms with E-state index in [1.165, 1.54) is 0 Å². The van der Waals surface area contributed by atoms with Gasteiger partial charge in [0.2, 0.25) is 0 Å². The molecule has 0 aliphatic heterocycles. The van der Waals surface area contributed by atoms with Gasteiger partial charge >= 0.3 is 5.82 Å². The highest BCUT2D eigenvalue weighted by molar-refractivity contribution is 5.90. The van der Waals surface area contributed by atoms with Gasteiger partial charge < -0.3 is 0 Å². The van der Waals surface area contributed by atoms with Crippen LogP contribution < -0.4 is 0 Å². The molecule has 0 atom stereocenters. The van der Waals surface area contributed by atoms with Crippen molar-refractivity contribution < 1.29 is 9.85 Å². The number of benzene rings is 2. The SMILES string of the molecule is O=[N+]([O-])C(=Cc1cccc2ccccc12)[N+](=O)[O-]. The second kappa shape index (κ2) is 4.62. The first-order chi connectivity index (χ1) is 8.59. The minimum absolute atomic E-state index is 0.455. The van der Waals surface area contributed by atoms with Crippen LogP contribution in [0.2, 0.25) is 0 Å². The van der Waals surface area contributed by atoms with Gasteiger partial charge in [-0.1, -0.05) is 42.5 Å². The maximum atomic E-state index is 10.6. The van der Waals surface area contributed by atoms with Gasteiger partial charge in [0.1, 0.15) is 15.9 Å². The first-order valence-corrected chi connectivity index (χ1v) is 5.08. The van der Waals surface area contributed by atoms with Crippen molar-refractivity contribution in [1.82, 2.24) is 0 Å². The highest BCUT2D eigenvalue weighted by Gasteiger charge is 2.25. The zero-order valence-corrected chi connectivity index (χ0v) is 9.15. The summed E-state index contributed by atoms with van der Waals surface area (Å²) in [4.78, 5) is 19.2. The molecule has 0 N–H and O–H groups in total. The van der Waals surface area contributed by atoms with Crippen molar-refractivity contribution in [2.24, 2.45) is 0 Å². The maximum Gasteiger partial charge on any atom is 0.559 e. The van der Waals surface area contributed by atoms with Crippen molar-refractivity contribution in [2.75, 3.05) is 0 Å². The molecular formula is C12H8N2O4. The zero-order chi connectivity index (χ0) is 13.1. The molecule has 0 bridgehead atoms. The smallest absolute Gasteiger partial charge is 0.253 e. The normalized spacial score (nSPS) is 10.0. The molecule has 18 heavy (non-hydrogen) atoms. The van der Waals surface area contributed by atoms with E-state index in [9.17, 15) is 20.2 Å². The largest absolute Gasteiger partial charge is 0.559 e.